The smallest absolute Gasteiger partial charge is 0.339 e. The van der Waals surface area contributed by atoms with Gasteiger partial charge in [-0.1, -0.05) is 12.1 Å². The average molecular weight is 366 g/mol. The molecule has 10 heteroatoms. The van der Waals surface area contributed by atoms with E-state index in [9.17, 15) is 23.3 Å². The number of carbonyl (C=O) groups is 1. The third-order valence-electron chi connectivity index (χ3n) is 3.23. The van der Waals surface area contributed by atoms with Crippen molar-refractivity contribution >= 4 is 27.4 Å². The Morgan fingerprint density at radius 1 is 1.16 bits per heavy atom. The number of hydrogen-bond donors (Lipinski definition) is 1. The van der Waals surface area contributed by atoms with Gasteiger partial charge in [0.25, 0.3) is 15.7 Å². The van der Waals surface area contributed by atoms with E-state index < -0.39 is 31.5 Å². The summed E-state index contributed by atoms with van der Waals surface area (Å²) in [5, 5.41) is 11.2. The van der Waals surface area contributed by atoms with Crippen molar-refractivity contribution in [2.45, 2.75) is 4.90 Å². The number of ether oxygens (including phenoxy) is 2. The van der Waals surface area contributed by atoms with Gasteiger partial charge in [0, 0.05) is 0 Å². The van der Waals surface area contributed by atoms with E-state index in [1.165, 1.54) is 37.4 Å². The van der Waals surface area contributed by atoms with Crippen LogP contribution in [0.3, 0.4) is 0 Å². The molecule has 0 aliphatic heterocycles. The number of methoxy groups -OCH3 is 2. The van der Waals surface area contributed by atoms with Crippen LogP contribution in [0, 0.1) is 10.1 Å². The number of nitrogens with one attached hydrogen (secondary N) is 1. The molecule has 9 nitrogen and oxygen atoms in total. The van der Waals surface area contributed by atoms with E-state index in [1.54, 1.807) is 0 Å². The molecule has 0 saturated heterocycles. The lowest BCUT2D eigenvalue weighted by atomic mass is 10.2. The predicted octanol–water partition coefficient (Wildman–Crippen LogP) is 2.19. The average Bonchev–Trinajstić information content (AvgIpc) is 2.60. The van der Waals surface area contributed by atoms with Crippen LogP contribution < -0.4 is 9.46 Å². The van der Waals surface area contributed by atoms with Crippen LogP contribution in [0.4, 0.5) is 11.4 Å². The number of nitro benzene ring substituents is 1. The number of para-hydroxylation sites is 1. The van der Waals surface area contributed by atoms with Gasteiger partial charge in [0.2, 0.25) is 0 Å². The third-order valence-corrected chi connectivity index (χ3v) is 4.64. The molecule has 0 aliphatic carbocycles. The first-order chi connectivity index (χ1) is 11.8. The summed E-state index contributed by atoms with van der Waals surface area (Å²) in [6.45, 7) is 0. The van der Waals surface area contributed by atoms with Crippen LogP contribution in [0.15, 0.2) is 47.4 Å². The number of rotatable bonds is 6. The minimum atomic E-state index is -4.33. The van der Waals surface area contributed by atoms with Crippen molar-refractivity contribution in [3.8, 4) is 5.75 Å². The summed E-state index contributed by atoms with van der Waals surface area (Å²) < 4.78 is 36.8. The highest BCUT2D eigenvalue weighted by molar-refractivity contribution is 7.92. The summed E-state index contributed by atoms with van der Waals surface area (Å²) in [5.74, 6) is -0.608. The topological polar surface area (TPSA) is 125 Å². The molecule has 0 bridgehead atoms. The maximum absolute atomic E-state index is 12.6. The highest BCUT2D eigenvalue weighted by Crippen LogP contribution is 2.30. The number of carbonyl (C=O) groups excluding carboxylic acids is 1. The maximum atomic E-state index is 12.6. The van der Waals surface area contributed by atoms with Crippen LogP contribution in [0.2, 0.25) is 0 Å². The first-order valence-corrected chi connectivity index (χ1v) is 8.31. The highest BCUT2D eigenvalue weighted by atomic mass is 32.2. The fourth-order valence-corrected chi connectivity index (χ4v) is 3.29. The van der Waals surface area contributed by atoms with Gasteiger partial charge in [-0.05, 0) is 24.3 Å². The van der Waals surface area contributed by atoms with Crippen molar-refractivity contribution in [2.75, 3.05) is 18.9 Å². The molecule has 0 atom stereocenters. The Labute approximate surface area is 143 Å². The van der Waals surface area contributed by atoms with Crippen LogP contribution >= 0.6 is 0 Å². The van der Waals surface area contributed by atoms with Crippen molar-refractivity contribution in [3.63, 3.8) is 0 Å². The molecule has 2 aromatic carbocycles. The Morgan fingerprint density at radius 2 is 1.84 bits per heavy atom. The number of benzene rings is 2. The zero-order chi connectivity index (χ0) is 18.6. The second-order valence-electron chi connectivity index (χ2n) is 4.73. The lowest BCUT2D eigenvalue weighted by molar-refractivity contribution is -0.387. The summed E-state index contributed by atoms with van der Waals surface area (Å²) in [6.07, 6.45) is 0. The normalized spacial score (nSPS) is 10.8. The van der Waals surface area contributed by atoms with Gasteiger partial charge in [-0.25, -0.2) is 13.2 Å². The van der Waals surface area contributed by atoms with E-state index in [4.69, 9.17) is 4.74 Å². The largest absolute Gasteiger partial charge is 0.497 e. The van der Waals surface area contributed by atoms with Gasteiger partial charge in [-0.2, -0.15) is 0 Å². The molecular weight excluding hydrogens is 352 g/mol. The predicted molar refractivity (Wildman–Crippen MR) is 88.2 cm³/mol. The van der Waals surface area contributed by atoms with Gasteiger partial charge in [-0.3, -0.25) is 14.8 Å². The lowest BCUT2D eigenvalue weighted by Gasteiger charge is -2.12. The number of hydrogen-bond acceptors (Lipinski definition) is 7. The van der Waals surface area contributed by atoms with E-state index in [2.05, 4.69) is 9.46 Å². The van der Waals surface area contributed by atoms with Gasteiger partial charge in [-0.15, -0.1) is 0 Å². The first kappa shape index (κ1) is 18.2. The van der Waals surface area contributed by atoms with Crippen LogP contribution in [0.1, 0.15) is 10.4 Å². The lowest BCUT2D eigenvalue weighted by Crippen LogP contribution is -2.17. The molecule has 0 aliphatic rings. The summed E-state index contributed by atoms with van der Waals surface area (Å²) >= 11 is 0. The van der Waals surface area contributed by atoms with E-state index in [0.29, 0.717) is 0 Å². The number of anilines is 1. The molecule has 2 aromatic rings. The minimum absolute atomic E-state index is 0.0234. The van der Waals surface area contributed by atoms with Gasteiger partial charge in [0.05, 0.1) is 36.5 Å². The van der Waals surface area contributed by atoms with Crippen LogP contribution in [0.5, 0.6) is 5.75 Å². The molecule has 25 heavy (non-hydrogen) atoms. The van der Waals surface area contributed by atoms with Crippen molar-refractivity contribution in [1.82, 2.24) is 0 Å². The quantitative estimate of drug-likeness (QED) is 0.472. The van der Waals surface area contributed by atoms with E-state index in [1.807, 2.05) is 0 Å². The monoisotopic (exact) mass is 366 g/mol. The molecule has 0 unspecified atom stereocenters. The number of nitro groups is 1. The summed E-state index contributed by atoms with van der Waals surface area (Å²) in [6, 6.07) is 9.09. The van der Waals surface area contributed by atoms with E-state index >= 15 is 0 Å². The SMILES string of the molecule is COC(=O)c1ccccc1NS(=O)(=O)c1ccc(OC)cc1[N+](=O)[O-]. The summed E-state index contributed by atoms with van der Waals surface area (Å²) in [7, 11) is -1.87. The molecule has 0 heterocycles. The number of esters is 1. The molecule has 0 radical (unpaired) electrons. The number of nitrogens with zero attached hydrogens (tertiary/aromatic N) is 1. The maximum Gasteiger partial charge on any atom is 0.339 e. The second-order valence-corrected chi connectivity index (χ2v) is 6.38. The molecule has 0 aromatic heterocycles. The van der Waals surface area contributed by atoms with Crippen molar-refractivity contribution in [1.29, 1.82) is 0 Å². The molecule has 0 saturated carbocycles. The van der Waals surface area contributed by atoms with Gasteiger partial charge in [0.1, 0.15) is 5.75 Å². The molecular formula is C15H14N2O7S. The standard InChI is InChI=1S/C15H14N2O7S/c1-23-10-7-8-14(13(9-10)17(19)20)25(21,22)16-12-6-4-3-5-11(12)15(18)24-2/h3-9,16H,1-2H3. The Bertz CT molecular complexity index is 925. The zero-order valence-corrected chi connectivity index (χ0v) is 14.1. The highest BCUT2D eigenvalue weighted by Gasteiger charge is 2.28. The van der Waals surface area contributed by atoms with Gasteiger partial charge < -0.3 is 9.47 Å². The Morgan fingerprint density at radius 3 is 2.44 bits per heavy atom. The van der Waals surface area contributed by atoms with Gasteiger partial charge in [0.15, 0.2) is 4.90 Å². The van der Waals surface area contributed by atoms with Crippen LogP contribution in [-0.2, 0) is 14.8 Å². The Kier molecular flexibility index (Phi) is 5.22. The number of sulfonamides is 1. The molecule has 2 rings (SSSR count). The van der Waals surface area contributed by atoms with Crippen molar-refractivity contribution < 1.29 is 27.6 Å². The molecule has 0 spiro atoms. The zero-order valence-electron chi connectivity index (χ0n) is 13.3. The summed E-state index contributed by atoms with van der Waals surface area (Å²) in [5.41, 5.74) is -0.730. The van der Waals surface area contributed by atoms with E-state index in [0.717, 1.165) is 19.2 Å². The fraction of sp³-hybridized carbons (Fsp3) is 0.133. The van der Waals surface area contributed by atoms with Crippen LogP contribution in [-0.4, -0.2) is 33.5 Å². The molecule has 0 amide bonds. The van der Waals surface area contributed by atoms with Crippen LogP contribution in [0.25, 0.3) is 0 Å². The second kappa shape index (κ2) is 7.18. The first-order valence-electron chi connectivity index (χ1n) is 6.82. The van der Waals surface area contributed by atoms with Gasteiger partial charge >= 0.3 is 5.97 Å². The Hall–Kier alpha value is -3.14. The summed E-state index contributed by atoms with van der Waals surface area (Å²) in [4.78, 5) is 21.5. The molecule has 1 N–H and O–H groups in total. The van der Waals surface area contributed by atoms with Crippen molar-refractivity contribution in [2.24, 2.45) is 0 Å². The molecule has 0 fully saturated rings. The van der Waals surface area contributed by atoms with Crippen molar-refractivity contribution in [3.05, 3.63) is 58.1 Å². The van der Waals surface area contributed by atoms with E-state index in [-0.39, 0.29) is 17.0 Å². The molecule has 132 valence electrons. The fourth-order valence-electron chi connectivity index (χ4n) is 2.05. The Balaban J connectivity index is 2.51. The minimum Gasteiger partial charge on any atom is -0.497 e. The third kappa shape index (κ3) is 3.86.